The molecule has 3 unspecified atom stereocenters. The lowest BCUT2D eigenvalue weighted by atomic mass is 9.89. The maximum atomic E-state index is 12.7. The molecule has 26 heavy (non-hydrogen) atoms. The van der Waals surface area contributed by atoms with Crippen LogP contribution < -0.4 is 0 Å². The Morgan fingerprint density at radius 3 is 2.35 bits per heavy atom. The fraction of sp³-hybridized carbons (Fsp3) is 0.474. The molecule has 3 atom stereocenters. The van der Waals surface area contributed by atoms with Gasteiger partial charge in [-0.1, -0.05) is 30.3 Å². The molecular formula is C19H25NO6. The zero-order valence-electron chi connectivity index (χ0n) is 15.1. The molecule has 1 aromatic rings. The van der Waals surface area contributed by atoms with E-state index in [1.807, 2.05) is 30.3 Å². The third kappa shape index (κ3) is 5.06. The Hall–Kier alpha value is -2.38. The van der Waals surface area contributed by atoms with Gasteiger partial charge in [0.2, 0.25) is 0 Å². The van der Waals surface area contributed by atoms with Crippen molar-refractivity contribution in [3.63, 3.8) is 0 Å². The molecule has 0 aliphatic heterocycles. The normalized spacial score (nSPS) is 23.1. The summed E-state index contributed by atoms with van der Waals surface area (Å²) in [6.07, 6.45) is -2.15. The molecule has 1 amide bonds. The van der Waals surface area contributed by atoms with E-state index < -0.39 is 35.9 Å². The average molecular weight is 363 g/mol. The predicted molar refractivity (Wildman–Crippen MR) is 94.4 cm³/mol. The quantitative estimate of drug-likeness (QED) is 0.754. The summed E-state index contributed by atoms with van der Waals surface area (Å²) in [6.45, 7) is 5.26. The SMILES string of the molecule is CC(C)(C)OC(=O)N(Cc1ccccc1)C1C=C(C(=O)O)CC(O)C1O. The molecular weight excluding hydrogens is 338 g/mol. The fourth-order valence-corrected chi connectivity index (χ4v) is 2.77. The van der Waals surface area contributed by atoms with Gasteiger partial charge in [0.25, 0.3) is 0 Å². The minimum atomic E-state index is -1.31. The maximum absolute atomic E-state index is 12.7. The van der Waals surface area contributed by atoms with Crippen molar-refractivity contribution in [2.75, 3.05) is 0 Å². The minimum absolute atomic E-state index is 0.0468. The Morgan fingerprint density at radius 1 is 1.19 bits per heavy atom. The van der Waals surface area contributed by atoms with E-state index in [2.05, 4.69) is 0 Å². The highest BCUT2D eigenvalue weighted by atomic mass is 16.6. The van der Waals surface area contributed by atoms with E-state index in [4.69, 9.17) is 4.74 Å². The van der Waals surface area contributed by atoms with Crippen molar-refractivity contribution >= 4 is 12.1 Å². The van der Waals surface area contributed by atoms with Crippen LogP contribution in [0.4, 0.5) is 4.79 Å². The second-order valence-corrected chi connectivity index (χ2v) is 7.34. The van der Waals surface area contributed by atoms with E-state index in [1.54, 1.807) is 20.8 Å². The van der Waals surface area contributed by atoms with Gasteiger partial charge in [0.1, 0.15) is 11.7 Å². The van der Waals surface area contributed by atoms with Gasteiger partial charge in [-0.05, 0) is 32.4 Å². The highest BCUT2D eigenvalue weighted by molar-refractivity contribution is 5.87. The first-order valence-corrected chi connectivity index (χ1v) is 8.42. The lowest BCUT2D eigenvalue weighted by Gasteiger charge is -2.38. The molecule has 1 aliphatic carbocycles. The fourth-order valence-electron chi connectivity index (χ4n) is 2.77. The number of nitrogens with zero attached hydrogens (tertiary/aromatic N) is 1. The largest absolute Gasteiger partial charge is 0.478 e. The maximum Gasteiger partial charge on any atom is 0.411 e. The van der Waals surface area contributed by atoms with E-state index in [0.29, 0.717) is 0 Å². The number of aliphatic hydroxyl groups excluding tert-OH is 2. The zero-order valence-corrected chi connectivity index (χ0v) is 15.1. The third-order valence-electron chi connectivity index (χ3n) is 4.00. The van der Waals surface area contributed by atoms with Crippen molar-refractivity contribution in [2.45, 2.75) is 57.6 Å². The van der Waals surface area contributed by atoms with Gasteiger partial charge in [0.15, 0.2) is 0 Å². The molecule has 0 aromatic heterocycles. The standard InChI is InChI=1S/C19H25NO6/c1-19(2,3)26-18(25)20(11-12-7-5-4-6-8-12)14-9-13(17(23)24)10-15(21)16(14)22/h4-9,14-16,21-22H,10-11H2,1-3H3,(H,23,24). The van der Waals surface area contributed by atoms with Crippen LogP contribution in [0.15, 0.2) is 42.0 Å². The molecule has 0 spiro atoms. The number of carboxylic acids is 1. The number of amides is 1. The summed E-state index contributed by atoms with van der Waals surface area (Å²) in [6, 6.07) is 8.07. The van der Waals surface area contributed by atoms with E-state index in [1.165, 1.54) is 11.0 Å². The highest BCUT2D eigenvalue weighted by Gasteiger charge is 2.39. The van der Waals surface area contributed by atoms with Gasteiger partial charge in [-0.15, -0.1) is 0 Å². The van der Waals surface area contributed by atoms with Crippen LogP contribution >= 0.6 is 0 Å². The van der Waals surface area contributed by atoms with Gasteiger partial charge in [-0.3, -0.25) is 4.90 Å². The molecule has 0 heterocycles. The summed E-state index contributed by atoms with van der Waals surface area (Å²) in [5, 5.41) is 29.7. The van der Waals surface area contributed by atoms with Crippen molar-refractivity contribution in [3.8, 4) is 0 Å². The number of hydrogen-bond acceptors (Lipinski definition) is 5. The lowest BCUT2D eigenvalue weighted by Crippen LogP contribution is -2.53. The summed E-state index contributed by atoms with van der Waals surface area (Å²) in [5.41, 5.74) is -0.0193. The van der Waals surface area contributed by atoms with E-state index >= 15 is 0 Å². The zero-order chi connectivity index (χ0) is 19.5. The molecule has 1 aliphatic rings. The average Bonchev–Trinajstić information content (AvgIpc) is 2.54. The van der Waals surface area contributed by atoms with Crippen LogP contribution in [0.5, 0.6) is 0 Å². The molecule has 2 rings (SSSR count). The van der Waals surface area contributed by atoms with E-state index in [-0.39, 0.29) is 18.5 Å². The second kappa shape index (κ2) is 7.88. The lowest BCUT2D eigenvalue weighted by molar-refractivity contribution is -0.134. The summed E-state index contributed by atoms with van der Waals surface area (Å²) in [5.74, 6) is -1.19. The van der Waals surface area contributed by atoms with Crippen LogP contribution in [-0.2, 0) is 16.1 Å². The smallest absolute Gasteiger partial charge is 0.411 e. The van der Waals surface area contributed by atoms with E-state index in [9.17, 15) is 24.9 Å². The first kappa shape index (κ1) is 19.9. The Labute approximate surface area is 152 Å². The summed E-state index contributed by atoms with van der Waals surface area (Å²) >= 11 is 0. The van der Waals surface area contributed by atoms with Gasteiger partial charge in [-0.25, -0.2) is 9.59 Å². The Balaban J connectivity index is 2.39. The van der Waals surface area contributed by atoms with Gasteiger partial charge in [-0.2, -0.15) is 0 Å². The first-order valence-electron chi connectivity index (χ1n) is 8.42. The summed E-state index contributed by atoms with van der Waals surface area (Å²) < 4.78 is 5.42. The van der Waals surface area contributed by atoms with Crippen LogP contribution in [0.3, 0.4) is 0 Å². The number of carbonyl (C=O) groups excluding carboxylic acids is 1. The van der Waals surface area contributed by atoms with Crippen molar-refractivity contribution in [1.82, 2.24) is 4.90 Å². The topological polar surface area (TPSA) is 107 Å². The van der Waals surface area contributed by atoms with Crippen LogP contribution in [-0.4, -0.2) is 56.1 Å². The number of hydrogen-bond donors (Lipinski definition) is 3. The van der Waals surface area contributed by atoms with E-state index in [0.717, 1.165) is 5.56 Å². The number of benzene rings is 1. The number of carbonyl (C=O) groups is 2. The molecule has 0 bridgehead atoms. The number of aliphatic carboxylic acids is 1. The van der Waals surface area contributed by atoms with Gasteiger partial charge >= 0.3 is 12.1 Å². The van der Waals surface area contributed by atoms with Gasteiger partial charge in [0.05, 0.1) is 12.1 Å². The molecule has 7 heteroatoms. The number of rotatable bonds is 4. The molecule has 0 saturated carbocycles. The molecule has 0 fully saturated rings. The highest BCUT2D eigenvalue weighted by Crippen LogP contribution is 2.26. The molecule has 3 N–H and O–H groups in total. The van der Waals surface area contributed by atoms with Crippen LogP contribution in [0, 0.1) is 0 Å². The Bertz CT molecular complexity index is 679. The van der Waals surface area contributed by atoms with Crippen molar-refractivity contribution in [1.29, 1.82) is 0 Å². The summed E-state index contributed by atoms with van der Waals surface area (Å²) in [7, 11) is 0. The molecule has 142 valence electrons. The Kier molecular flexibility index (Phi) is 6.05. The monoisotopic (exact) mass is 363 g/mol. The Morgan fingerprint density at radius 2 is 1.81 bits per heavy atom. The van der Waals surface area contributed by atoms with Crippen molar-refractivity contribution < 1.29 is 29.6 Å². The van der Waals surface area contributed by atoms with Gasteiger partial charge in [0, 0.05) is 18.5 Å². The number of aliphatic hydroxyl groups is 2. The van der Waals surface area contributed by atoms with Crippen LogP contribution in [0.1, 0.15) is 32.8 Å². The third-order valence-corrected chi connectivity index (χ3v) is 4.00. The molecule has 1 aromatic carbocycles. The number of ether oxygens (including phenoxy) is 1. The first-order chi connectivity index (χ1) is 12.1. The van der Waals surface area contributed by atoms with Crippen LogP contribution in [0.2, 0.25) is 0 Å². The van der Waals surface area contributed by atoms with Gasteiger partial charge < -0.3 is 20.1 Å². The molecule has 0 saturated heterocycles. The van der Waals surface area contributed by atoms with Crippen molar-refractivity contribution in [2.24, 2.45) is 0 Å². The van der Waals surface area contributed by atoms with Crippen LogP contribution in [0.25, 0.3) is 0 Å². The summed E-state index contributed by atoms with van der Waals surface area (Å²) in [4.78, 5) is 25.3. The predicted octanol–water partition coefficient (Wildman–Crippen LogP) is 1.93. The minimum Gasteiger partial charge on any atom is -0.478 e. The molecule has 0 radical (unpaired) electrons. The number of carboxylic acid groups (broad SMARTS) is 1. The second-order valence-electron chi connectivity index (χ2n) is 7.34. The van der Waals surface area contributed by atoms with Crippen molar-refractivity contribution in [3.05, 3.63) is 47.5 Å². The molecule has 7 nitrogen and oxygen atoms in total.